The Kier molecular flexibility index (Phi) is 6.33. The SMILES string of the molecule is COc1ccc(CN(C=O)C(C)(C)[C@@H]2CC[C@@H](C)C[C@H]2O)cc1OC. The number of nitrogens with zero attached hydrogens (tertiary/aromatic N) is 1. The van der Waals surface area contributed by atoms with Crippen LogP contribution < -0.4 is 9.47 Å². The van der Waals surface area contributed by atoms with Crippen molar-refractivity contribution in [2.75, 3.05) is 14.2 Å². The van der Waals surface area contributed by atoms with E-state index in [0.717, 1.165) is 31.2 Å². The van der Waals surface area contributed by atoms with E-state index in [1.165, 1.54) is 0 Å². The number of ether oxygens (including phenoxy) is 2. The van der Waals surface area contributed by atoms with E-state index in [4.69, 9.17) is 9.47 Å². The average Bonchev–Trinajstić information content (AvgIpc) is 2.58. The van der Waals surface area contributed by atoms with Crippen LogP contribution in [0, 0.1) is 11.8 Å². The Morgan fingerprint density at radius 2 is 1.92 bits per heavy atom. The van der Waals surface area contributed by atoms with Gasteiger partial charge in [-0.05, 0) is 50.3 Å². The monoisotopic (exact) mass is 349 g/mol. The molecule has 0 heterocycles. The van der Waals surface area contributed by atoms with Crippen molar-refractivity contribution in [2.45, 2.75) is 58.2 Å². The molecule has 1 fully saturated rings. The number of aliphatic hydroxyl groups excluding tert-OH is 1. The van der Waals surface area contributed by atoms with Crippen molar-refractivity contribution in [3.8, 4) is 11.5 Å². The lowest BCUT2D eigenvalue weighted by molar-refractivity contribution is -0.129. The normalized spacial score (nSPS) is 23.8. The van der Waals surface area contributed by atoms with Crippen molar-refractivity contribution in [1.29, 1.82) is 0 Å². The summed E-state index contributed by atoms with van der Waals surface area (Å²) in [6.45, 7) is 6.74. The Hall–Kier alpha value is -1.75. The number of carbonyl (C=O) groups is 1. The summed E-state index contributed by atoms with van der Waals surface area (Å²) in [5, 5.41) is 10.6. The van der Waals surface area contributed by atoms with E-state index in [1.54, 1.807) is 19.1 Å². The first-order valence-electron chi connectivity index (χ1n) is 8.94. The second-order valence-corrected chi connectivity index (χ2v) is 7.67. The zero-order chi connectivity index (χ0) is 18.6. The quantitative estimate of drug-likeness (QED) is 0.768. The van der Waals surface area contributed by atoms with Gasteiger partial charge in [-0.1, -0.05) is 19.4 Å². The summed E-state index contributed by atoms with van der Waals surface area (Å²) < 4.78 is 10.6. The van der Waals surface area contributed by atoms with Crippen LogP contribution in [0.5, 0.6) is 11.5 Å². The molecule has 1 N–H and O–H groups in total. The van der Waals surface area contributed by atoms with Crippen molar-refractivity contribution in [2.24, 2.45) is 11.8 Å². The van der Waals surface area contributed by atoms with Crippen LogP contribution in [0.25, 0.3) is 0 Å². The molecule has 0 saturated heterocycles. The molecule has 0 aromatic heterocycles. The maximum absolute atomic E-state index is 11.8. The summed E-state index contributed by atoms with van der Waals surface area (Å²) >= 11 is 0. The second-order valence-electron chi connectivity index (χ2n) is 7.67. The predicted molar refractivity (Wildman–Crippen MR) is 97.7 cm³/mol. The molecule has 1 aliphatic rings. The highest BCUT2D eigenvalue weighted by atomic mass is 16.5. The van der Waals surface area contributed by atoms with Gasteiger partial charge in [0, 0.05) is 18.0 Å². The molecule has 25 heavy (non-hydrogen) atoms. The zero-order valence-electron chi connectivity index (χ0n) is 16.0. The molecule has 5 nitrogen and oxygen atoms in total. The Morgan fingerprint density at radius 1 is 1.24 bits per heavy atom. The summed E-state index contributed by atoms with van der Waals surface area (Å²) in [4.78, 5) is 13.6. The van der Waals surface area contributed by atoms with Crippen LogP contribution in [-0.4, -0.2) is 42.3 Å². The minimum absolute atomic E-state index is 0.0778. The van der Waals surface area contributed by atoms with Crippen LogP contribution in [0.3, 0.4) is 0 Å². The Morgan fingerprint density at radius 3 is 2.48 bits per heavy atom. The van der Waals surface area contributed by atoms with Crippen molar-refractivity contribution in [3.63, 3.8) is 0 Å². The summed E-state index contributed by atoms with van der Waals surface area (Å²) in [5.41, 5.74) is 0.547. The summed E-state index contributed by atoms with van der Waals surface area (Å²) in [5.74, 6) is 1.93. The molecular weight excluding hydrogens is 318 g/mol. The van der Waals surface area contributed by atoms with Gasteiger partial charge in [0.05, 0.1) is 20.3 Å². The van der Waals surface area contributed by atoms with Crippen LogP contribution in [0.15, 0.2) is 18.2 Å². The fraction of sp³-hybridized carbons (Fsp3) is 0.650. The molecule has 5 heteroatoms. The maximum atomic E-state index is 11.8. The van der Waals surface area contributed by atoms with E-state index >= 15 is 0 Å². The number of hydrogen-bond donors (Lipinski definition) is 1. The van der Waals surface area contributed by atoms with Gasteiger partial charge in [-0.3, -0.25) is 4.79 Å². The molecule has 1 saturated carbocycles. The highest BCUT2D eigenvalue weighted by molar-refractivity contribution is 5.50. The summed E-state index contributed by atoms with van der Waals surface area (Å²) in [6, 6.07) is 5.68. The van der Waals surface area contributed by atoms with Crippen LogP contribution in [0.4, 0.5) is 0 Å². The van der Waals surface area contributed by atoms with Crippen molar-refractivity contribution < 1.29 is 19.4 Å². The number of aliphatic hydroxyl groups is 1. The lowest BCUT2D eigenvalue weighted by Gasteiger charge is -2.47. The lowest BCUT2D eigenvalue weighted by atomic mass is 9.71. The molecule has 0 radical (unpaired) electrons. The first-order chi connectivity index (χ1) is 11.8. The molecule has 2 rings (SSSR count). The van der Waals surface area contributed by atoms with E-state index in [2.05, 4.69) is 6.92 Å². The van der Waals surface area contributed by atoms with Crippen LogP contribution in [0.1, 0.15) is 45.6 Å². The van der Waals surface area contributed by atoms with E-state index in [0.29, 0.717) is 24.0 Å². The highest BCUT2D eigenvalue weighted by Crippen LogP contribution is 2.39. The number of carbonyl (C=O) groups excluding carboxylic acids is 1. The lowest BCUT2D eigenvalue weighted by Crippen LogP contribution is -2.53. The van der Waals surface area contributed by atoms with Gasteiger partial charge in [0.2, 0.25) is 6.41 Å². The largest absolute Gasteiger partial charge is 0.493 e. The summed E-state index contributed by atoms with van der Waals surface area (Å²) in [6.07, 6.45) is 3.35. The highest BCUT2D eigenvalue weighted by Gasteiger charge is 2.41. The van der Waals surface area contributed by atoms with Crippen LogP contribution in [0.2, 0.25) is 0 Å². The average molecular weight is 349 g/mol. The van der Waals surface area contributed by atoms with E-state index in [1.807, 2.05) is 32.0 Å². The Balaban J connectivity index is 2.19. The summed E-state index contributed by atoms with van der Waals surface area (Å²) in [7, 11) is 3.20. The third kappa shape index (κ3) is 4.27. The molecule has 0 spiro atoms. The fourth-order valence-corrected chi connectivity index (χ4v) is 3.94. The zero-order valence-corrected chi connectivity index (χ0v) is 16.0. The fourth-order valence-electron chi connectivity index (χ4n) is 3.94. The molecule has 0 aliphatic heterocycles. The standard InChI is InChI=1S/C20H31NO4/c1-14-6-8-16(17(23)10-14)20(2,3)21(13-22)12-15-7-9-18(24-4)19(11-15)25-5/h7,9,11,13-14,16-17,23H,6,8,10,12H2,1-5H3/t14-,16-,17-/m1/s1. The second kappa shape index (κ2) is 8.09. The molecule has 0 bridgehead atoms. The van der Waals surface area contributed by atoms with E-state index in [9.17, 15) is 9.90 Å². The number of benzene rings is 1. The van der Waals surface area contributed by atoms with Gasteiger partial charge in [0.15, 0.2) is 11.5 Å². The molecule has 1 amide bonds. The third-order valence-corrected chi connectivity index (χ3v) is 5.65. The van der Waals surface area contributed by atoms with Gasteiger partial charge in [0.1, 0.15) is 0 Å². The van der Waals surface area contributed by atoms with Gasteiger partial charge in [-0.2, -0.15) is 0 Å². The van der Waals surface area contributed by atoms with E-state index in [-0.39, 0.29) is 12.0 Å². The molecule has 0 unspecified atom stereocenters. The first-order valence-corrected chi connectivity index (χ1v) is 8.94. The molecular formula is C20H31NO4. The molecule has 3 atom stereocenters. The van der Waals surface area contributed by atoms with Crippen molar-refractivity contribution >= 4 is 6.41 Å². The smallest absolute Gasteiger partial charge is 0.210 e. The van der Waals surface area contributed by atoms with Crippen LogP contribution >= 0.6 is 0 Å². The van der Waals surface area contributed by atoms with E-state index < -0.39 is 5.54 Å². The Labute approximate surface area is 150 Å². The number of hydrogen-bond acceptors (Lipinski definition) is 4. The Bertz CT molecular complexity index is 587. The maximum Gasteiger partial charge on any atom is 0.210 e. The minimum atomic E-state index is -0.422. The van der Waals surface area contributed by atoms with Gasteiger partial charge in [-0.25, -0.2) is 0 Å². The van der Waals surface area contributed by atoms with Gasteiger partial charge < -0.3 is 19.5 Å². The number of methoxy groups -OCH3 is 2. The topological polar surface area (TPSA) is 59.0 Å². The number of amides is 1. The number of rotatable bonds is 7. The van der Waals surface area contributed by atoms with Crippen molar-refractivity contribution in [1.82, 2.24) is 4.90 Å². The van der Waals surface area contributed by atoms with Crippen molar-refractivity contribution in [3.05, 3.63) is 23.8 Å². The van der Waals surface area contributed by atoms with Gasteiger partial charge in [-0.15, -0.1) is 0 Å². The molecule has 140 valence electrons. The minimum Gasteiger partial charge on any atom is -0.493 e. The third-order valence-electron chi connectivity index (χ3n) is 5.65. The van der Waals surface area contributed by atoms with Gasteiger partial charge >= 0.3 is 0 Å². The van der Waals surface area contributed by atoms with Crippen LogP contribution in [-0.2, 0) is 11.3 Å². The predicted octanol–water partition coefficient (Wildman–Crippen LogP) is 3.24. The molecule has 1 aromatic carbocycles. The van der Waals surface area contributed by atoms with Gasteiger partial charge in [0.25, 0.3) is 0 Å². The first kappa shape index (κ1) is 19.6. The molecule has 1 aliphatic carbocycles. The molecule has 1 aromatic rings.